The van der Waals surface area contributed by atoms with Crippen LogP contribution in [0.25, 0.3) is 0 Å². The molecule has 0 aliphatic rings. The van der Waals surface area contributed by atoms with Crippen molar-refractivity contribution in [1.82, 2.24) is 0 Å². The molecular formula is C9H10FNO4. The van der Waals surface area contributed by atoms with Crippen LogP contribution in [-0.4, -0.2) is 23.3 Å². The van der Waals surface area contributed by atoms with E-state index in [1.165, 1.54) is 7.11 Å². The summed E-state index contributed by atoms with van der Waals surface area (Å²) in [5.41, 5.74) is 4.92. The number of methoxy groups -OCH3 is 1. The molecule has 5 nitrogen and oxygen atoms in total. The van der Waals surface area contributed by atoms with E-state index in [0.717, 1.165) is 12.1 Å². The number of aromatic hydroxyl groups is 1. The maximum Gasteiger partial charge on any atom is 0.325 e. The first-order valence-corrected chi connectivity index (χ1v) is 4.02. The first kappa shape index (κ1) is 11.3. The third-order valence-electron chi connectivity index (χ3n) is 1.90. The number of benzene rings is 1. The van der Waals surface area contributed by atoms with Gasteiger partial charge in [-0.05, 0) is 6.07 Å². The van der Waals surface area contributed by atoms with E-state index in [9.17, 15) is 14.3 Å². The summed E-state index contributed by atoms with van der Waals surface area (Å²) in [4.78, 5) is 10.5. The Kier molecular flexibility index (Phi) is 3.11. The Balaban J connectivity index is 3.21. The van der Waals surface area contributed by atoms with Gasteiger partial charge in [0.2, 0.25) is 0 Å². The fourth-order valence-corrected chi connectivity index (χ4v) is 1.09. The molecule has 0 bridgehead atoms. The van der Waals surface area contributed by atoms with Gasteiger partial charge in [0.25, 0.3) is 0 Å². The largest absolute Gasteiger partial charge is 0.504 e. The summed E-state index contributed by atoms with van der Waals surface area (Å²) in [5, 5.41) is 17.9. The van der Waals surface area contributed by atoms with Gasteiger partial charge in [0.15, 0.2) is 11.5 Å². The smallest absolute Gasteiger partial charge is 0.325 e. The van der Waals surface area contributed by atoms with E-state index < -0.39 is 17.8 Å². The molecule has 0 amide bonds. The summed E-state index contributed by atoms with van der Waals surface area (Å²) in [7, 11) is 1.26. The van der Waals surface area contributed by atoms with Crippen molar-refractivity contribution in [1.29, 1.82) is 0 Å². The van der Waals surface area contributed by atoms with Gasteiger partial charge in [0.05, 0.1) is 7.11 Å². The van der Waals surface area contributed by atoms with Crippen molar-refractivity contribution in [2.45, 2.75) is 6.04 Å². The molecule has 1 aromatic carbocycles. The zero-order valence-electron chi connectivity index (χ0n) is 7.90. The van der Waals surface area contributed by atoms with Gasteiger partial charge in [0.1, 0.15) is 11.9 Å². The second-order valence-electron chi connectivity index (χ2n) is 2.86. The van der Waals surface area contributed by atoms with Crippen molar-refractivity contribution in [3.05, 3.63) is 23.5 Å². The monoisotopic (exact) mass is 215 g/mol. The second kappa shape index (κ2) is 4.14. The molecule has 1 atom stereocenters. The molecule has 0 aliphatic carbocycles. The van der Waals surface area contributed by atoms with Gasteiger partial charge < -0.3 is 20.7 Å². The third-order valence-corrected chi connectivity index (χ3v) is 1.90. The summed E-state index contributed by atoms with van der Waals surface area (Å²) in [6.45, 7) is 0. The van der Waals surface area contributed by atoms with Crippen molar-refractivity contribution in [2.24, 2.45) is 5.73 Å². The van der Waals surface area contributed by atoms with Gasteiger partial charge in [-0.1, -0.05) is 0 Å². The van der Waals surface area contributed by atoms with Gasteiger partial charge in [-0.15, -0.1) is 0 Å². The van der Waals surface area contributed by atoms with Crippen molar-refractivity contribution in [2.75, 3.05) is 7.11 Å². The van der Waals surface area contributed by atoms with E-state index in [4.69, 9.17) is 10.8 Å². The highest BCUT2D eigenvalue weighted by Gasteiger charge is 2.20. The number of carboxylic acids is 1. The normalized spacial score (nSPS) is 12.2. The molecule has 6 heteroatoms. The lowest BCUT2D eigenvalue weighted by atomic mass is 10.1. The minimum absolute atomic E-state index is 0.0751. The molecule has 0 radical (unpaired) electrons. The van der Waals surface area contributed by atoms with Crippen LogP contribution in [0.15, 0.2) is 12.1 Å². The average Bonchev–Trinajstić information content (AvgIpc) is 2.19. The summed E-state index contributed by atoms with van der Waals surface area (Å²) in [5.74, 6) is -2.64. The van der Waals surface area contributed by atoms with Crippen LogP contribution in [0.1, 0.15) is 11.6 Å². The molecule has 82 valence electrons. The summed E-state index contributed by atoms with van der Waals surface area (Å²) in [6, 6.07) is 0.308. The maximum absolute atomic E-state index is 13.3. The molecule has 4 N–H and O–H groups in total. The Bertz CT molecular complexity index is 394. The lowest BCUT2D eigenvalue weighted by molar-refractivity contribution is -0.138. The molecular weight excluding hydrogens is 205 g/mol. The highest BCUT2D eigenvalue weighted by Crippen LogP contribution is 2.30. The molecule has 1 unspecified atom stereocenters. The van der Waals surface area contributed by atoms with E-state index in [2.05, 4.69) is 4.74 Å². The molecule has 15 heavy (non-hydrogen) atoms. The number of nitrogens with two attached hydrogens (primary N) is 1. The van der Waals surface area contributed by atoms with Crippen LogP contribution in [0.4, 0.5) is 4.39 Å². The number of ether oxygens (including phenoxy) is 1. The number of phenols is 1. The molecule has 0 saturated heterocycles. The van der Waals surface area contributed by atoms with Gasteiger partial charge in [0, 0.05) is 11.6 Å². The standard InChI is InChI=1S/C9H10FNO4/c1-15-7-3-5(10)4(2-6(7)12)8(11)9(13)14/h2-3,8,12H,11H2,1H3,(H,13,14). The van der Waals surface area contributed by atoms with Crippen LogP contribution in [0, 0.1) is 5.82 Å². The number of carbonyl (C=O) groups is 1. The Morgan fingerprint density at radius 2 is 2.20 bits per heavy atom. The molecule has 0 heterocycles. The van der Waals surface area contributed by atoms with Crippen LogP contribution < -0.4 is 10.5 Å². The predicted octanol–water partition coefficient (Wildman–Crippen LogP) is 0.624. The number of carboxylic acid groups (broad SMARTS) is 1. The topological polar surface area (TPSA) is 92.8 Å². The number of hydrogen-bond donors (Lipinski definition) is 3. The minimum atomic E-state index is -1.51. The lowest BCUT2D eigenvalue weighted by Crippen LogP contribution is -2.21. The number of rotatable bonds is 3. The summed E-state index contributed by atoms with van der Waals surface area (Å²) >= 11 is 0. The van der Waals surface area contributed by atoms with E-state index in [-0.39, 0.29) is 17.1 Å². The van der Waals surface area contributed by atoms with Gasteiger partial charge in [-0.2, -0.15) is 0 Å². The summed E-state index contributed by atoms with van der Waals surface area (Å²) in [6.07, 6.45) is 0. The fraction of sp³-hybridized carbons (Fsp3) is 0.222. The van der Waals surface area contributed by atoms with Crippen molar-refractivity contribution >= 4 is 5.97 Å². The van der Waals surface area contributed by atoms with Crippen molar-refractivity contribution in [3.63, 3.8) is 0 Å². The quantitative estimate of drug-likeness (QED) is 0.687. The number of hydrogen-bond acceptors (Lipinski definition) is 4. The van der Waals surface area contributed by atoms with Crippen LogP contribution in [0.2, 0.25) is 0 Å². The Morgan fingerprint density at radius 1 is 1.60 bits per heavy atom. The number of halogens is 1. The lowest BCUT2D eigenvalue weighted by Gasteiger charge is -2.10. The van der Waals surface area contributed by atoms with E-state index >= 15 is 0 Å². The third kappa shape index (κ3) is 2.16. The second-order valence-corrected chi connectivity index (χ2v) is 2.86. The van der Waals surface area contributed by atoms with Crippen molar-refractivity contribution < 1.29 is 24.1 Å². The van der Waals surface area contributed by atoms with Gasteiger partial charge >= 0.3 is 5.97 Å². The predicted molar refractivity (Wildman–Crippen MR) is 49.2 cm³/mol. The first-order valence-electron chi connectivity index (χ1n) is 4.02. The highest BCUT2D eigenvalue weighted by atomic mass is 19.1. The average molecular weight is 215 g/mol. The number of phenolic OH excluding ortho intramolecular Hbond substituents is 1. The Hall–Kier alpha value is -1.82. The van der Waals surface area contributed by atoms with Crippen molar-refractivity contribution in [3.8, 4) is 11.5 Å². The van der Waals surface area contributed by atoms with E-state index in [1.807, 2.05) is 0 Å². The van der Waals surface area contributed by atoms with E-state index in [1.54, 1.807) is 0 Å². The Morgan fingerprint density at radius 3 is 2.67 bits per heavy atom. The van der Waals surface area contributed by atoms with Crippen LogP contribution >= 0.6 is 0 Å². The summed E-state index contributed by atoms with van der Waals surface area (Å²) < 4.78 is 17.9. The minimum Gasteiger partial charge on any atom is -0.504 e. The molecule has 0 aromatic heterocycles. The van der Waals surface area contributed by atoms with Gasteiger partial charge in [-0.3, -0.25) is 4.79 Å². The Labute approximate surface area is 84.9 Å². The zero-order chi connectivity index (χ0) is 11.6. The SMILES string of the molecule is COc1cc(F)c(C(N)C(=O)O)cc1O. The fourth-order valence-electron chi connectivity index (χ4n) is 1.09. The van der Waals surface area contributed by atoms with Crippen LogP contribution in [0.5, 0.6) is 11.5 Å². The highest BCUT2D eigenvalue weighted by molar-refractivity contribution is 5.75. The molecule has 1 rings (SSSR count). The molecule has 1 aromatic rings. The maximum atomic E-state index is 13.3. The molecule has 0 aliphatic heterocycles. The number of aliphatic carboxylic acids is 1. The molecule has 0 fully saturated rings. The molecule has 0 spiro atoms. The first-order chi connectivity index (χ1) is 6.97. The molecule has 0 saturated carbocycles. The van der Waals surface area contributed by atoms with E-state index in [0.29, 0.717) is 0 Å². The van der Waals surface area contributed by atoms with Crippen LogP contribution in [0.3, 0.4) is 0 Å². The van der Waals surface area contributed by atoms with Crippen LogP contribution in [-0.2, 0) is 4.79 Å². The van der Waals surface area contributed by atoms with Gasteiger partial charge in [-0.25, -0.2) is 4.39 Å². The zero-order valence-corrected chi connectivity index (χ0v) is 7.90.